The van der Waals surface area contributed by atoms with E-state index in [1.807, 2.05) is 30.3 Å². The molecule has 1 aromatic heterocycles. The first-order chi connectivity index (χ1) is 10.9. The van der Waals surface area contributed by atoms with E-state index < -0.39 is 15.1 Å². The van der Waals surface area contributed by atoms with Crippen LogP contribution in [-0.2, 0) is 16.9 Å². The van der Waals surface area contributed by atoms with Crippen molar-refractivity contribution in [3.63, 3.8) is 0 Å². The third kappa shape index (κ3) is 2.88. The lowest BCUT2D eigenvalue weighted by molar-refractivity contribution is 0.0647. The first kappa shape index (κ1) is 15.7. The Morgan fingerprint density at radius 1 is 1.26 bits per heavy atom. The second kappa shape index (κ2) is 5.81. The number of rotatable bonds is 4. The summed E-state index contributed by atoms with van der Waals surface area (Å²) in [4.78, 5) is 14.1. The number of amides is 1. The minimum Gasteiger partial charge on any atom is -0.335 e. The first-order valence-corrected chi connectivity index (χ1v) is 9.24. The number of carbonyl (C=O) groups is 1. The zero-order valence-corrected chi connectivity index (χ0v) is 14.0. The van der Waals surface area contributed by atoms with Crippen LogP contribution in [0.3, 0.4) is 0 Å². The third-order valence-electron chi connectivity index (χ3n) is 4.21. The minimum atomic E-state index is -3.07. The summed E-state index contributed by atoms with van der Waals surface area (Å²) in [7, 11) is -1.35. The predicted molar refractivity (Wildman–Crippen MR) is 87.8 cm³/mol. The molecular formula is C16H19N3O3S. The highest BCUT2D eigenvalue weighted by atomic mass is 32.2. The van der Waals surface area contributed by atoms with Gasteiger partial charge in [0.25, 0.3) is 5.91 Å². The van der Waals surface area contributed by atoms with E-state index in [2.05, 4.69) is 5.10 Å². The van der Waals surface area contributed by atoms with Gasteiger partial charge in [-0.2, -0.15) is 5.10 Å². The summed E-state index contributed by atoms with van der Waals surface area (Å²) in [5.74, 6) is -0.0615. The molecule has 2 heterocycles. The molecule has 0 aliphatic carbocycles. The van der Waals surface area contributed by atoms with E-state index in [9.17, 15) is 13.2 Å². The summed E-state index contributed by atoms with van der Waals surface area (Å²) >= 11 is 0. The van der Waals surface area contributed by atoms with Gasteiger partial charge < -0.3 is 4.90 Å². The van der Waals surface area contributed by atoms with Crippen molar-refractivity contribution in [2.45, 2.75) is 12.2 Å². The maximum Gasteiger partial charge on any atom is 0.272 e. The summed E-state index contributed by atoms with van der Waals surface area (Å²) < 4.78 is 25.1. The van der Waals surface area contributed by atoms with Crippen LogP contribution in [0.25, 0.3) is 11.3 Å². The Bertz CT molecular complexity index is 822. The van der Waals surface area contributed by atoms with Crippen molar-refractivity contribution in [3.05, 3.63) is 42.1 Å². The second-order valence-corrected chi connectivity index (χ2v) is 8.26. The lowest BCUT2D eigenvalue weighted by Gasteiger charge is -2.38. The number of carbonyl (C=O) groups excluding carboxylic acids is 1. The third-order valence-corrected chi connectivity index (χ3v) is 6.33. The quantitative estimate of drug-likeness (QED) is 0.846. The van der Waals surface area contributed by atoms with Crippen molar-refractivity contribution in [3.8, 4) is 11.3 Å². The van der Waals surface area contributed by atoms with Gasteiger partial charge in [-0.25, -0.2) is 8.42 Å². The molecule has 7 heteroatoms. The average molecular weight is 333 g/mol. The molecule has 1 saturated heterocycles. The average Bonchev–Trinajstić information content (AvgIpc) is 2.88. The predicted octanol–water partition coefficient (Wildman–Crippen LogP) is 1.35. The van der Waals surface area contributed by atoms with Crippen LogP contribution in [0.2, 0.25) is 0 Å². The summed E-state index contributed by atoms with van der Waals surface area (Å²) in [6, 6.07) is 11.4. The van der Waals surface area contributed by atoms with E-state index >= 15 is 0 Å². The van der Waals surface area contributed by atoms with E-state index in [1.165, 1.54) is 0 Å². The van der Waals surface area contributed by atoms with Gasteiger partial charge in [0.15, 0.2) is 9.84 Å². The van der Waals surface area contributed by atoms with Gasteiger partial charge in [0.1, 0.15) is 5.69 Å². The van der Waals surface area contributed by atoms with Crippen molar-refractivity contribution < 1.29 is 13.2 Å². The Hall–Kier alpha value is -2.15. The SMILES string of the molecule is CCS(=O)(=O)C1CN(C(=O)c2cc(-c3ccccc3)nn2C)C1. The Labute approximate surface area is 135 Å². The standard InChI is InChI=1S/C16H19N3O3S/c1-3-23(21,22)13-10-19(11-13)16(20)15-9-14(17-18(15)2)12-7-5-4-6-8-12/h4-9,13H,3,10-11H2,1-2H3. The summed E-state index contributed by atoms with van der Waals surface area (Å²) in [6.07, 6.45) is 0. The van der Waals surface area contributed by atoms with Gasteiger partial charge in [-0.1, -0.05) is 37.3 Å². The highest BCUT2D eigenvalue weighted by Gasteiger charge is 2.39. The van der Waals surface area contributed by atoms with E-state index in [4.69, 9.17) is 0 Å². The molecule has 1 amide bonds. The molecule has 6 nitrogen and oxygen atoms in total. The van der Waals surface area contributed by atoms with E-state index in [0.717, 1.165) is 11.3 Å². The van der Waals surface area contributed by atoms with Crippen LogP contribution in [0.4, 0.5) is 0 Å². The highest BCUT2D eigenvalue weighted by Crippen LogP contribution is 2.23. The van der Waals surface area contributed by atoms with Crippen LogP contribution in [0.15, 0.2) is 36.4 Å². The summed E-state index contributed by atoms with van der Waals surface area (Å²) in [5.41, 5.74) is 2.14. The molecule has 3 rings (SSSR count). The van der Waals surface area contributed by atoms with Crippen molar-refractivity contribution in [2.24, 2.45) is 7.05 Å². The van der Waals surface area contributed by atoms with Crippen LogP contribution in [0.5, 0.6) is 0 Å². The molecule has 0 saturated carbocycles. The van der Waals surface area contributed by atoms with Gasteiger partial charge in [-0.15, -0.1) is 0 Å². The maximum absolute atomic E-state index is 12.5. The second-order valence-electron chi connectivity index (χ2n) is 5.69. The monoisotopic (exact) mass is 333 g/mol. The van der Waals surface area contributed by atoms with Gasteiger partial charge >= 0.3 is 0 Å². The van der Waals surface area contributed by atoms with Crippen LogP contribution in [-0.4, -0.2) is 53.1 Å². The van der Waals surface area contributed by atoms with E-state index in [-0.39, 0.29) is 24.7 Å². The number of hydrogen-bond donors (Lipinski definition) is 0. The molecule has 1 aromatic carbocycles. The fourth-order valence-electron chi connectivity index (χ4n) is 2.65. The molecule has 0 N–H and O–H groups in total. The Kier molecular flexibility index (Phi) is 3.97. The molecule has 1 aliphatic rings. The number of hydrogen-bond acceptors (Lipinski definition) is 4. The number of aryl methyl sites for hydroxylation is 1. The Morgan fingerprint density at radius 2 is 1.91 bits per heavy atom. The lowest BCUT2D eigenvalue weighted by atomic mass is 10.1. The molecule has 2 aromatic rings. The zero-order valence-electron chi connectivity index (χ0n) is 13.1. The Balaban J connectivity index is 1.76. The maximum atomic E-state index is 12.5. The number of aromatic nitrogens is 2. The molecule has 0 atom stereocenters. The molecular weight excluding hydrogens is 314 g/mol. The van der Waals surface area contributed by atoms with Crippen LogP contribution in [0, 0.1) is 0 Å². The zero-order chi connectivity index (χ0) is 16.6. The molecule has 122 valence electrons. The smallest absolute Gasteiger partial charge is 0.272 e. The topological polar surface area (TPSA) is 72.3 Å². The molecule has 0 unspecified atom stereocenters. The minimum absolute atomic E-state index is 0.115. The van der Waals surface area contributed by atoms with Crippen LogP contribution in [0.1, 0.15) is 17.4 Å². The van der Waals surface area contributed by atoms with Crippen molar-refractivity contribution in [1.29, 1.82) is 0 Å². The largest absolute Gasteiger partial charge is 0.335 e. The summed E-state index contributed by atoms with van der Waals surface area (Å²) in [6.45, 7) is 2.16. The van der Waals surface area contributed by atoms with Crippen LogP contribution < -0.4 is 0 Å². The van der Waals surface area contributed by atoms with Gasteiger partial charge in [0, 0.05) is 31.5 Å². The van der Waals surface area contributed by atoms with Crippen molar-refractivity contribution in [1.82, 2.24) is 14.7 Å². The van der Waals surface area contributed by atoms with E-state index in [0.29, 0.717) is 5.69 Å². The van der Waals surface area contributed by atoms with Crippen molar-refractivity contribution in [2.75, 3.05) is 18.8 Å². The Morgan fingerprint density at radius 3 is 2.52 bits per heavy atom. The highest BCUT2D eigenvalue weighted by molar-refractivity contribution is 7.92. The van der Waals surface area contributed by atoms with Gasteiger partial charge in [0.05, 0.1) is 10.9 Å². The number of sulfone groups is 1. The molecule has 1 fully saturated rings. The number of nitrogens with zero attached hydrogens (tertiary/aromatic N) is 3. The fraction of sp³-hybridized carbons (Fsp3) is 0.375. The lowest BCUT2D eigenvalue weighted by Crippen LogP contribution is -2.57. The van der Waals surface area contributed by atoms with Gasteiger partial charge in [-0.3, -0.25) is 9.48 Å². The molecule has 1 aliphatic heterocycles. The van der Waals surface area contributed by atoms with Crippen molar-refractivity contribution >= 4 is 15.7 Å². The van der Waals surface area contributed by atoms with E-state index in [1.54, 1.807) is 29.6 Å². The summed E-state index contributed by atoms with van der Waals surface area (Å²) in [5, 5.41) is 3.95. The molecule has 0 radical (unpaired) electrons. The molecule has 0 bridgehead atoms. The fourth-order valence-corrected chi connectivity index (χ4v) is 3.93. The number of likely N-dealkylation sites (tertiary alicyclic amines) is 1. The first-order valence-electron chi connectivity index (χ1n) is 7.52. The van der Waals surface area contributed by atoms with Gasteiger partial charge in [0.2, 0.25) is 0 Å². The molecule has 23 heavy (non-hydrogen) atoms. The molecule has 0 spiro atoms. The van der Waals surface area contributed by atoms with Gasteiger partial charge in [-0.05, 0) is 6.07 Å². The number of benzene rings is 1. The van der Waals surface area contributed by atoms with Crippen LogP contribution >= 0.6 is 0 Å². The normalized spacial score (nSPS) is 15.5.